The van der Waals surface area contributed by atoms with Gasteiger partial charge in [-0.25, -0.2) is 0 Å². The van der Waals surface area contributed by atoms with Crippen LogP contribution in [0.25, 0.3) is 0 Å². The van der Waals surface area contributed by atoms with Crippen LogP contribution < -0.4 is 5.73 Å². The largest absolute Gasteiger partial charge is 0.393 e. The standard InChI is InChI=1S/C15H20N2OS/c1-10-3-4-12(9-11(10)2)15(18)17(13-5-6-13)8-7-14(16)19/h3-4,9,13H,5-8H2,1-2H3,(H2,16,19). The quantitative estimate of drug-likeness (QED) is 0.841. The van der Waals surface area contributed by atoms with E-state index in [-0.39, 0.29) is 5.91 Å². The Labute approximate surface area is 119 Å². The van der Waals surface area contributed by atoms with Crippen LogP contribution in [0.3, 0.4) is 0 Å². The summed E-state index contributed by atoms with van der Waals surface area (Å²) in [5.41, 5.74) is 8.65. The molecule has 0 atom stereocenters. The van der Waals surface area contributed by atoms with Crippen molar-refractivity contribution < 1.29 is 4.79 Å². The molecule has 19 heavy (non-hydrogen) atoms. The van der Waals surface area contributed by atoms with E-state index in [0.717, 1.165) is 24.0 Å². The molecular weight excluding hydrogens is 256 g/mol. The fourth-order valence-corrected chi connectivity index (χ4v) is 2.20. The van der Waals surface area contributed by atoms with Crippen molar-refractivity contribution in [2.24, 2.45) is 5.73 Å². The Morgan fingerprint density at radius 3 is 2.58 bits per heavy atom. The normalized spacial score (nSPS) is 14.2. The molecule has 0 heterocycles. The van der Waals surface area contributed by atoms with E-state index in [1.165, 1.54) is 5.56 Å². The summed E-state index contributed by atoms with van der Waals surface area (Å²) in [5, 5.41) is 0. The Balaban J connectivity index is 2.14. The molecule has 3 nitrogen and oxygen atoms in total. The lowest BCUT2D eigenvalue weighted by molar-refractivity contribution is 0.0748. The number of nitrogens with zero attached hydrogens (tertiary/aromatic N) is 1. The molecule has 0 radical (unpaired) electrons. The molecular formula is C15H20N2OS. The SMILES string of the molecule is Cc1ccc(C(=O)N(CCC(N)=S)C2CC2)cc1C. The number of hydrogen-bond donors (Lipinski definition) is 1. The van der Waals surface area contributed by atoms with Crippen LogP contribution in [0.5, 0.6) is 0 Å². The minimum absolute atomic E-state index is 0.0989. The number of hydrogen-bond acceptors (Lipinski definition) is 2. The summed E-state index contributed by atoms with van der Waals surface area (Å²) in [6.07, 6.45) is 2.78. The average Bonchev–Trinajstić information content (AvgIpc) is 3.16. The zero-order chi connectivity index (χ0) is 14.0. The number of rotatable bonds is 5. The zero-order valence-electron chi connectivity index (χ0n) is 11.5. The number of nitrogens with two attached hydrogens (primary N) is 1. The third kappa shape index (κ3) is 3.53. The van der Waals surface area contributed by atoms with Crippen molar-refractivity contribution in [2.45, 2.75) is 39.2 Å². The van der Waals surface area contributed by atoms with Gasteiger partial charge in [-0.3, -0.25) is 4.79 Å². The van der Waals surface area contributed by atoms with Crippen molar-refractivity contribution in [3.05, 3.63) is 34.9 Å². The molecule has 0 saturated heterocycles. The summed E-state index contributed by atoms with van der Waals surface area (Å²) >= 11 is 4.90. The summed E-state index contributed by atoms with van der Waals surface area (Å²) < 4.78 is 0. The zero-order valence-corrected chi connectivity index (χ0v) is 12.3. The second-order valence-corrected chi connectivity index (χ2v) is 5.77. The number of amides is 1. The fraction of sp³-hybridized carbons (Fsp3) is 0.467. The molecule has 0 unspecified atom stereocenters. The van der Waals surface area contributed by atoms with Crippen LogP contribution in [0.15, 0.2) is 18.2 Å². The predicted octanol–water partition coefficient (Wildman–Crippen LogP) is 2.58. The van der Waals surface area contributed by atoms with Crippen LogP contribution in [-0.2, 0) is 0 Å². The number of benzene rings is 1. The topological polar surface area (TPSA) is 46.3 Å². The number of carbonyl (C=O) groups excluding carboxylic acids is 1. The highest BCUT2D eigenvalue weighted by molar-refractivity contribution is 7.80. The van der Waals surface area contributed by atoms with Crippen LogP contribution in [-0.4, -0.2) is 28.4 Å². The van der Waals surface area contributed by atoms with E-state index < -0.39 is 0 Å². The lowest BCUT2D eigenvalue weighted by atomic mass is 10.1. The Bertz CT molecular complexity index is 509. The monoisotopic (exact) mass is 276 g/mol. The summed E-state index contributed by atoms with van der Waals surface area (Å²) in [6, 6.07) is 6.25. The molecule has 1 aliphatic carbocycles. The maximum absolute atomic E-state index is 12.5. The maximum atomic E-state index is 12.5. The first kappa shape index (κ1) is 14.0. The molecule has 0 bridgehead atoms. The molecule has 1 aromatic carbocycles. The molecule has 0 aromatic heterocycles. The highest BCUT2D eigenvalue weighted by atomic mass is 32.1. The lowest BCUT2D eigenvalue weighted by Gasteiger charge is -2.22. The first-order chi connectivity index (χ1) is 8.99. The molecule has 2 rings (SSSR count). The van der Waals surface area contributed by atoms with E-state index in [4.69, 9.17) is 18.0 Å². The minimum atomic E-state index is 0.0989. The molecule has 0 aliphatic heterocycles. The molecule has 102 valence electrons. The van der Waals surface area contributed by atoms with Crippen LogP contribution in [0.4, 0.5) is 0 Å². The molecule has 1 amide bonds. The molecule has 4 heteroatoms. The maximum Gasteiger partial charge on any atom is 0.254 e. The molecule has 1 fully saturated rings. The Morgan fingerprint density at radius 2 is 2.05 bits per heavy atom. The lowest BCUT2D eigenvalue weighted by Crippen LogP contribution is -2.35. The van der Waals surface area contributed by atoms with Crippen molar-refractivity contribution in [1.29, 1.82) is 0 Å². The van der Waals surface area contributed by atoms with Crippen molar-refractivity contribution in [3.8, 4) is 0 Å². The van der Waals surface area contributed by atoms with Gasteiger partial charge in [0.15, 0.2) is 0 Å². The van der Waals surface area contributed by atoms with Gasteiger partial charge in [-0.2, -0.15) is 0 Å². The van der Waals surface area contributed by atoms with Crippen LogP contribution in [0, 0.1) is 13.8 Å². The van der Waals surface area contributed by atoms with Gasteiger partial charge in [0, 0.05) is 24.6 Å². The number of thiocarbonyl (C=S) groups is 1. The number of aryl methyl sites for hydroxylation is 2. The molecule has 1 saturated carbocycles. The third-order valence-corrected chi connectivity index (χ3v) is 3.81. The van der Waals surface area contributed by atoms with Crippen molar-refractivity contribution >= 4 is 23.1 Å². The van der Waals surface area contributed by atoms with Crippen LogP contribution in [0.1, 0.15) is 40.7 Å². The Kier molecular flexibility index (Phi) is 4.20. The van der Waals surface area contributed by atoms with E-state index in [1.54, 1.807) is 0 Å². The van der Waals surface area contributed by atoms with Crippen molar-refractivity contribution in [2.75, 3.05) is 6.54 Å². The average molecular weight is 276 g/mol. The van der Waals surface area contributed by atoms with Crippen LogP contribution in [0.2, 0.25) is 0 Å². The smallest absolute Gasteiger partial charge is 0.254 e. The first-order valence-corrected chi connectivity index (χ1v) is 7.06. The first-order valence-electron chi connectivity index (χ1n) is 6.65. The molecule has 2 N–H and O–H groups in total. The second kappa shape index (κ2) is 5.70. The summed E-state index contributed by atoms with van der Waals surface area (Å²) in [5.74, 6) is 0.0989. The van der Waals surface area contributed by atoms with Crippen LogP contribution >= 0.6 is 12.2 Å². The minimum Gasteiger partial charge on any atom is -0.393 e. The van der Waals surface area contributed by atoms with Gasteiger partial charge in [0.1, 0.15) is 0 Å². The van der Waals surface area contributed by atoms with Gasteiger partial charge < -0.3 is 10.6 Å². The van der Waals surface area contributed by atoms with E-state index >= 15 is 0 Å². The summed E-state index contributed by atoms with van der Waals surface area (Å²) in [7, 11) is 0. The summed E-state index contributed by atoms with van der Waals surface area (Å²) in [4.78, 5) is 14.9. The fourth-order valence-electron chi connectivity index (χ4n) is 2.11. The third-order valence-electron chi connectivity index (χ3n) is 3.60. The molecule has 1 aliphatic rings. The molecule has 0 spiro atoms. The highest BCUT2D eigenvalue weighted by Gasteiger charge is 2.32. The second-order valence-electron chi connectivity index (χ2n) is 5.25. The van der Waals surface area contributed by atoms with E-state index in [2.05, 4.69) is 6.92 Å². The van der Waals surface area contributed by atoms with Gasteiger partial charge in [-0.15, -0.1) is 0 Å². The van der Waals surface area contributed by atoms with Gasteiger partial charge in [-0.1, -0.05) is 18.3 Å². The Hall–Kier alpha value is -1.42. The number of carbonyl (C=O) groups is 1. The Morgan fingerprint density at radius 1 is 1.37 bits per heavy atom. The van der Waals surface area contributed by atoms with Gasteiger partial charge >= 0.3 is 0 Å². The van der Waals surface area contributed by atoms with Gasteiger partial charge in [0.25, 0.3) is 5.91 Å². The van der Waals surface area contributed by atoms with E-state index in [1.807, 2.05) is 30.0 Å². The highest BCUT2D eigenvalue weighted by Crippen LogP contribution is 2.28. The van der Waals surface area contributed by atoms with Gasteiger partial charge in [0.05, 0.1) is 4.99 Å². The molecule has 1 aromatic rings. The van der Waals surface area contributed by atoms with Crippen molar-refractivity contribution in [1.82, 2.24) is 4.90 Å². The van der Waals surface area contributed by atoms with Gasteiger partial charge in [-0.05, 0) is 49.9 Å². The van der Waals surface area contributed by atoms with E-state index in [9.17, 15) is 4.79 Å². The van der Waals surface area contributed by atoms with E-state index in [0.29, 0.717) is 24.0 Å². The summed E-state index contributed by atoms with van der Waals surface area (Å²) in [6.45, 7) is 4.71. The van der Waals surface area contributed by atoms with Gasteiger partial charge in [0.2, 0.25) is 0 Å². The predicted molar refractivity (Wildman–Crippen MR) is 81.4 cm³/mol. The van der Waals surface area contributed by atoms with Crippen molar-refractivity contribution in [3.63, 3.8) is 0 Å².